The van der Waals surface area contributed by atoms with E-state index in [1.54, 1.807) is 0 Å². The summed E-state index contributed by atoms with van der Waals surface area (Å²) in [5.41, 5.74) is 19.6. The average molecular weight is 393 g/mol. The van der Waals surface area contributed by atoms with Crippen LogP contribution in [-0.2, 0) is 7.05 Å². The van der Waals surface area contributed by atoms with E-state index in [1.165, 1.54) is 21.8 Å². The third-order valence-electron chi connectivity index (χ3n) is 5.40. The summed E-state index contributed by atoms with van der Waals surface area (Å²) >= 11 is 0. The minimum Gasteiger partial charge on any atom is -0.399 e. The Bertz CT molecular complexity index is 1240. The first kappa shape index (κ1) is 17.9. The maximum Gasteiger partial charge on any atom is 0.0490 e. The molecule has 0 aliphatic rings. The molecule has 0 atom stereocenters. The SMILES string of the molecule is Cn1c2ccc(Nc3ccc(N)cc3)cc2c2cc(Nc3ccc(N)cc3)ccc21. The topological polar surface area (TPSA) is 81.0 Å². The van der Waals surface area contributed by atoms with Gasteiger partial charge in [0.2, 0.25) is 0 Å². The Morgan fingerprint density at radius 3 is 1.30 bits per heavy atom. The molecule has 1 aromatic heterocycles. The molecule has 0 fully saturated rings. The molecule has 0 spiro atoms. The second-order valence-electron chi connectivity index (χ2n) is 7.52. The monoisotopic (exact) mass is 393 g/mol. The van der Waals surface area contributed by atoms with Gasteiger partial charge in [-0.25, -0.2) is 0 Å². The molecule has 0 radical (unpaired) electrons. The summed E-state index contributed by atoms with van der Waals surface area (Å²) in [6, 6.07) is 28.4. The molecule has 6 N–H and O–H groups in total. The summed E-state index contributed by atoms with van der Waals surface area (Å²) in [6.45, 7) is 0. The molecule has 30 heavy (non-hydrogen) atoms. The molecule has 1 heterocycles. The summed E-state index contributed by atoms with van der Waals surface area (Å²) in [6.07, 6.45) is 0. The fourth-order valence-electron chi connectivity index (χ4n) is 3.84. The molecule has 0 amide bonds. The number of hydrogen-bond donors (Lipinski definition) is 4. The molecule has 0 aliphatic heterocycles. The molecule has 0 saturated carbocycles. The first-order valence-corrected chi connectivity index (χ1v) is 9.84. The standard InChI is InChI=1S/C25H23N5/c1-30-24-12-10-20(28-18-6-2-16(26)3-7-18)14-22(24)23-15-21(11-13-25(23)30)29-19-8-4-17(27)5-9-19/h2-15,28-29H,26-27H2,1H3. The maximum absolute atomic E-state index is 5.79. The van der Waals surface area contributed by atoms with Crippen LogP contribution in [0.1, 0.15) is 0 Å². The van der Waals surface area contributed by atoms with Gasteiger partial charge in [0.1, 0.15) is 0 Å². The molecule has 4 aromatic carbocycles. The lowest BCUT2D eigenvalue weighted by Gasteiger charge is -2.08. The number of nitrogens with two attached hydrogens (primary N) is 2. The zero-order chi connectivity index (χ0) is 20.7. The van der Waals surface area contributed by atoms with Crippen molar-refractivity contribution in [2.45, 2.75) is 0 Å². The summed E-state index contributed by atoms with van der Waals surface area (Å²) in [4.78, 5) is 0. The minimum absolute atomic E-state index is 0.756. The fraction of sp³-hybridized carbons (Fsp3) is 0.0400. The Balaban J connectivity index is 1.54. The van der Waals surface area contributed by atoms with E-state index in [0.717, 1.165) is 34.1 Å². The molecule has 0 saturated heterocycles. The predicted octanol–water partition coefficient (Wildman–Crippen LogP) is 5.98. The van der Waals surface area contributed by atoms with E-state index in [0.29, 0.717) is 0 Å². The van der Waals surface area contributed by atoms with E-state index < -0.39 is 0 Å². The van der Waals surface area contributed by atoms with E-state index in [4.69, 9.17) is 11.5 Å². The lowest BCUT2D eigenvalue weighted by Crippen LogP contribution is -1.92. The van der Waals surface area contributed by atoms with Crippen molar-refractivity contribution in [1.82, 2.24) is 4.57 Å². The third-order valence-corrected chi connectivity index (χ3v) is 5.40. The number of rotatable bonds is 4. The number of aromatic nitrogens is 1. The molecule has 0 unspecified atom stereocenters. The van der Waals surface area contributed by atoms with Crippen molar-refractivity contribution in [3.63, 3.8) is 0 Å². The van der Waals surface area contributed by atoms with Gasteiger partial charge < -0.3 is 26.7 Å². The molecule has 0 aliphatic carbocycles. The Hall–Kier alpha value is -4.12. The molecule has 5 heteroatoms. The van der Waals surface area contributed by atoms with Crippen LogP contribution in [0.15, 0.2) is 84.9 Å². The van der Waals surface area contributed by atoms with E-state index >= 15 is 0 Å². The van der Waals surface area contributed by atoms with Crippen molar-refractivity contribution < 1.29 is 0 Å². The number of nitrogens with one attached hydrogen (secondary N) is 2. The highest BCUT2D eigenvalue weighted by molar-refractivity contribution is 6.10. The normalized spacial score (nSPS) is 11.1. The zero-order valence-corrected chi connectivity index (χ0v) is 16.7. The smallest absolute Gasteiger partial charge is 0.0490 e. The van der Waals surface area contributed by atoms with Gasteiger partial charge >= 0.3 is 0 Å². The van der Waals surface area contributed by atoms with Crippen LogP contribution >= 0.6 is 0 Å². The molecule has 0 bridgehead atoms. The first-order valence-electron chi connectivity index (χ1n) is 9.84. The van der Waals surface area contributed by atoms with Gasteiger partial charge in [-0.2, -0.15) is 0 Å². The van der Waals surface area contributed by atoms with E-state index in [2.05, 4.69) is 58.6 Å². The zero-order valence-electron chi connectivity index (χ0n) is 16.7. The second-order valence-corrected chi connectivity index (χ2v) is 7.52. The summed E-state index contributed by atoms with van der Waals surface area (Å²) in [7, 11) is 2.10. The van der Waals surface area contributed by atoms with Crippen LogP contribution in [0.4, 0.5) is 34.1 Å². The number of fused-ring (bicyclic) bond motifs is 3. The van der Waals surface area contributed by atoms with Gasteiger partial charge in [0, 0.05) is 63.0 Å². The summed E-state index contributed by atoms with van der Waals surface area (Å²) in [5, 5.41) is 9.33. The van der Waals surface area contributed by atoms with Crippen molar-refractivity contribution in [3.05, 3.63) is 84.9 Å². The number of anilines is 6. The maximum atomic E-state index is 5.79. The molecule has 148 valence electrons. The van der Waals surface area contributed by atoms with Gasteiger partial charge in [0.05, 0.1) is 0 Å². The number of nitrogen functional groups attached to an aromatic ring is 2. The van der Waals surface area contributed by atoms with Crippen LogP contribution < -0.4 is 22.1 Å². The van der Waals surface area contributed by atoms with E-state index in [9.17, 15) is 0 Å². The first-order chi connectivity index (χ1) is 14.6. The Morgan fingerprint density at radius 1 is 0.533 bits per heavy atom. The van der Waals surface area contributed by atoms with Crippen molar-refractivity contribution in [3.8, 4) is 0 Å². The molecular weight excluding hydrogens is 370 g/mol. The van der Waals surface area contributed by atoms with Gasteiger partial charge in [-0.15, -0.1) is 0 Å². The van der Waals surface area contributed by atoms with Crippen LogP contribution in [0, 0.1) is 0 Å². The van der Waals surface area contributed by atoms with Crippen LogP contribution in [0.5, 0.6) is 0 Å². The number of hydrogen-bond acceptors (Lipinski definition) is 4. The van der Waals surface area contributed by atoms with Crippen molar-refractivity contribution in [1.29, 1.82) is 0 Å². The van der Waals surface area contributed by atoms with Gasteiger partial charge in [-0.3, -0.25) is 0 Å². The Labute approximate surface area is 174 Å². The van der Waals surface area contributed by atoms with Gasteiger partial charge in [0.15, 0.2) is 0 Å². The van der Waals surface area contributed by atoms with E-state index in [1.807, 2.05) is 48.5 Å². The molecule has 5 nitrogen and oxygen atoms in total. The van der Waals surface area contributed by atoms with Crippen molar-refractivity contribution >= 4 is 55.9 Å². The van der Waals surface area contributed by atoms with Crippen molar-refractivity contribution in [2.75, 3.05) is 22.1 Å². The van der Waals surface area contributed by atoms with Crippen molar-refractivity contribution in [2.24, 2.45) is 7.05 Å². The quantitative estimate of drug-likeness (QED) is 0.283. The Kier molecular flexibility index (Phi) is 4.21. The summed E-state index contributed by atoms with van der Waals surface area (Å²) in [5.74, 6) is 0. The lowest BCUT2D eigenvalue weighted by molar-refractivity contribution is 1.01. The largest absolute Gasteiger partial charge is 0.399 e. The second kappa shape index (κ2) is 7.04. The highest BCUT2D eigenvalue weighted by Crippen LogP contribution is 2.33. The van der Waals surface area contributed by atoms with Crippen LogP contribution in [0.2, 0.25) is 0 Å². The van der Waals surface area contributed by atoms with E-state index in [-0.39, 0.29) is 0 Å². The lowest BCUT2D eigenvalue weighted by atomic mass is 10.1. The van der Waals surface area contributed by atoms with Gasteiger partial charge in [0.25, 0.3) is 0 Å². The predicted molar refractivity (Wildman–Crippen MR) is 129 cm³/mol. The van der Waals surface area contributed by atoms with Crippen LogP contribution in [0.25, 0.3) is 21.8 Å². The third kappa shape index (κ3) is 3.26. The number of benzene rings is 4. The summed E-state index contributed by atoms with van der Waals surface area (Å²) < 4.78 is 2.23. The van der Waals surface area contributed by atoms with Crippen LogP contribution in [0.3, 0.4) is 0 Å². The number of nitrogens with zero attached hydrogens (tertiary/aromatic N) is 1. The average Bonchev–Trinajstić information content (AvgIpc) is 3.03. The van der Waals surface area contributed by atoms with Crippen LogP contribution in [-0.4, -0.2) is 4.57 Å². The van der Waals surface area contributed by atoms with Gasteiger partial charge in [-0.05, 0) is 84.9 Å². The highest BCUT2D eigenvalue weighted by atomic mass is 14.9. The highest BCUT2D eigenvalue weighted by Gasteiger charge is 2.10. The van der Waals surface area contributed by atoms with Gasteiger partial charge in [-0.1, -0.05) is 0 Å². The minimum atomic E-state index is 0.756. The molecule has 5 rings (SSSR count). The fourth-order valence-corrected chi connectivity index (χ4v) is 3.84. The Morgan fingerprint density at radius 2 is 0.900 bits per heavy atom. The molecule has 5 aromatic rings. The number of aryl methyl sites for hydroxylation is 1. The molecular formula is C25H23N5.